The molecule has 0 saturated carbocycles. The van der Waals surface area contributed by atoms with Gasteiger partial charge in [-0.05, 0) is 25.3 Å². The van der Waals surface area contributed by atoms with Crippen molar-refractivity contribution in [1.82, 2.24) is 0 Å². The molecule has 1 atom stereocenters. The van der Waals surface area contributed by atoms with Crippen LogP contribution in [0.4, 0.5) is 5.69 Å². The zero-order valence-electron chi connectivity index (χ0n) is 10.2. The predicted molar refractivity (Wildman–Crippen MR) is 68.6 cm³/mol. The fourth-order valence-corrected chi connectivity index (χ4v) is 2.49. The molecule has 0 aliphatic heterocycles. The third-order valence-corrected chi connectivity index (χ3v) is 3.58. The molecule has 0 radical (unpaired) electrons. The summed E-state index contributed by atoms with van der Waals surface area (Å²) in [5.74, 6) is -0.198. The van der Waals surface area contributed by atoms with Gasteiger partial charge in [-0.15, -0.1) is 11.3 Å². The third-order valence-electron chi connectivity index (χ3n) is 2.68. The van der Waals surface area contributed by atoms with E-state index in [-0.39, 0.29) is 0 Å². The van der Waals surface area contributed by atoms with Gasteiger partial charge in [0.25, 0.3) is 0 Å². The van der Waals surface area contributed by atoms with Crippen LogP contribution in [0, 0.1) is 5.92 Å². The molecule has 0 fully saturated rings. The van der Waals surface area contributed by atoms with E-state index in [4.69, 9.17) is 5.11 Å². The molecule has 1 rings (SSSR count). The van der Waals surface area contributed by atoms with Crippen molar-refractivity contribution < 1.29 is 9.90 Å². The smallest absolute Gasteiger partial charge is 0.345 e. The van der Waals surface area contributed by atoms with Gasteiger partial charge >= 0.3 is 5.97 Å². The van der Waals surface area contributed by atoms with Crippen LogP contribution in [0.1, 0.15) is 36.9 Å². The van der Waals surface area contributed by atoms with Gasteiger partial charge < -0.3 is 10.0 Å². The molecule has 1 N–H and O–H groups in total. The van der Waals surface area contributed by atoms with E-state index in [9.17, 15) is 4.79 Å². The van der Waals surface area contributed by atoms with Gasteiger partial charge in [0, 0.05) is 24.2 Å². The molecule has 0 saturated heterocycles. The Morgan fingerprint density at radius 1 is 1.50 bits per heavy atom. The predicted octanol–water partition coefficient (Wildman–Crippen LogP) is 3.32. The first kappa shape index (κ1) is 13.0. The number of nitrogens with zero attached hydrogens (tertiary/aromatic N) is 1. The van der Waals surface area contributed by atoms with E-state index in [1.165, 1.54) is 11.3 Å². The second-order valence-electron chi connectivity index (χ2n) is 4.56. The summed E-state index contributed by atoms with van der Waals surface area (Å²) in [6.07, 6.45) is 1.11. The molecule has 16 heavy (non-hydrogen) atoms. The highest BCUT2D eigenvalue weighted by atomic mass is 32.1. The number of aromatic carboxylic acids is 1. The second kappa shape index (κ2) is 5.34. The normalized spacial score (nSPS) is 12.8. The largest absolute Gasteiger partial charge is 0.477 e. The Morgan fingerprint density at radius 3 is 2.56 bits per heavy atom. The fraction of sp³-hybridized carbons (Fsp3) is 0.583. The Balaban J connectivity index is 2.71. The highest BCUT2D eigenvalue weighted by Crippen LogP contribution is 2.25. The Morgan fingerprint density at radius 2 is 2.12 bits per heavy atom. The Labute approximate surface area is 101 Å². The first-order chi connectivity index (χ1) is 7.41. The molecule has 0 aliphatic carbocycles. The van der Waals surface area contributed by atoms with Crippen LogP contribution in [0.15, 0.2) is 11.4 Å². The van der Waals surface area contributed by atoms with Gasteiger partial charge in [0.1, 0.15) is 4.88 Å². The van der Waals surface area contributed by atoms with Crippen LogP contribution >= 0.6 is 11.3 Å². The average molecular weight is 241 g/mol. The molecule has 1 heterocycles. The number of carboxylic acids is 1. The van der Waals surface area contributed by atoms with Gasteiger partial charge in [-0.25, -0.2) is 4.79 Å². The van der Waals surface area contributed by atoms with Crippen LogP contribution in [0.5, 0.6) is 0 Å². The molecule has 0 aliphatic rings. The van der Waals surface area contributed by atoms with Crippen molar-refractivity contribution in [2.75, 3.05) is 11.9 Å². The number of hydrogen-bond donors (Lipinski definition) is 1. The maximum absolute atomic E-state index is 10.8. The number of anilines is 1. The van der Waals surface area contributed by atoms with Gasteiger partial charge in [-0.3, -0.25) is 0 Å². The lowest BCUT2D eigenvalue weighted by atomic mass is 10.0. The zero-order chi connectivity index (χ0) is 12.3. The van der Waals surface area contributed by atoms with Gasteiger partial charge in [0.15, 0.2) is 0 Å². The Hall–Kier alpha value is -1.03. The molecule has 1 aromatic heterocycles. The molecule has 1 aromatic rings. The van der Waals surface area contributed by atoms with Gasteiger partial charge in [-0.1, -0.05) is 13.8 Å². The second-order valence-corrected chi connectivity index (χ2v) is 5.48. The van der Waals surface area contributed by atoms with Crippen molar-refractivity contribution in [3.63, 3.8) is 0 Å². The van der Waals surface area contributed by atoms with E-state index >= 15 is 0 Å². The topological polar surface area (TPSA) is 40.5 Å². The van der Waals surface area contributed by atoms with E-state index in [1.807, 2.05) is 12.4 Å². The molecule has 3 nitrogen and oxygen atoms in total. The molecular weight excluding hydrogens is 222 g/mol. The van der Waals surface area contributed by atoms with Crippen LogP contribution in [-0.2, 0) is 0 Å². The number of carboxylic acid groups (broad SMARTS) is 1. The first-order valence-corrected chi connectivity index (χ1v) is 6.34. The maximum Gasteiger partial charge on any atom is 0.345 e. The Kier molecular flexibility index (Phi) is 4.35. The summed E-state index contributed by atoms with van der Waals surface area (Å²) in [7, 11) is 2.01. The van der Waals surface area contributed by atoms with E-state index in [0.29, 0.717) is 16.8 Å². The zero-order valence-corrected chi connectivity index (χ0v) is 11.0. The van der Waals surface area contributed by atoms with Crippen molar-refractivity contribution in [3.8, 4) is 0 Å². The number of hydrogen-bond acceptors (Lipinski definition) is 3. The summed E-state index contributed by atoms with van der Waals surface area (Å²) in [6, 6.07) is 2.17. The monoisotopic (exact) mass is 241 g/mol. The van der Waals surface area contributed by atoms with Crippen molar-refractivity contribution in [1.29, 1.82) is 0 Å². The summed E-state index contributed by atoms with van der Waals surface area (Å²) in [4.78, 5) is 13.3. The first-order valence-electron chi connectivity index (χ1n) is 5.46. The average Bonchev–Trinajstić information content (AvgIpc) is 2.64. The van der Waals surface area contributed by atoms with Gasteiger partial charge in [-0.2, -0.15) is 0 Å². The summed E-state index contributed by atoms with van der Waals surface area (Å²) >= 11 is 1.28. The van der Waals surface area contributed by atoms with Crippen LogP contribution in [-0.4, -0.2) is 24.2 Å². The summed E-state index contributed by atoms with van der Waals surface area (Å²) < 4.78 is 0. The number of thiophene rings is 1. The maximum atomic E-state index is 10.8. The fourth-order valence-electron chi connectivity index (χ4n) is 1.72. The highest BCUT2D eigenvalue weighted by molar-refractivity contribution is 7.12. The van der Waals surface area contributed by atoms with Crippen molar-refractivity contribution >= 4 is 23.0 Å². The minimum atomic E-state index is -0.846. The van der Waals surface area contributed by atoms with E-state index in [1.54, 1.807) is 6.07 Å². The van der Waals surface area contributed by atoms with Crippen LogP contribution in [0.3, 0.4) is 0 Å². The SMILES string of the molecule is CC(C)CC(C)N(C)c1csc(C(=O)O)c1. The lowest BCUT2D eigenvalue weighted by Gasteiger charge is -2.27. The molecular formula is C12H19NO2S. The third kappa shape index (κ3) is 3.23. The number of carbonyl (C=O) groups is 1. The van der Waals surface area contributed by atoms with Gasteiger partial charge in [0.05, 0.1) is 0 Å². The molecule has 4 heteroatoms. The van der Waals surface area contributed by atoms with E-state index in [0.717, 1.165) is 12.1 Å². The lowest BCUT2D eigenvalue weighted by molar-refractivity contribution is 0.0702. The lowest BCUT2D eigenvalue weighted by Crippen LogP contribution is -2.29. The van der Waals surface area contributed by atoms with E-state index < -0.39 is 5.97 Å². The molecule has 90 valence electrons. The Bertz CT molecular complexity index is 360. The van der Waals surface area contributed by atoms with Crippen LogP contribution in [0.25, 0.3) is 0 Å². The molecule has 0 aromatic carbocycles. The molecule has 1 unspecified atom stereocenters. The summed E-state index contributed by atoms with van der Waals surface area (Å²) in [5, 5.41) is 10.8. The quantitative estimate of drug-likeness (QED) is 0.859. The van der Waals surface area contributed by atoms with Crippen LogP contribution < -0.4 is 4.90 Å². The number of rotatable bonds is 5. The summed E-state index contributed by atoms with van der Waals surface area (Å²) in [6.45, 7) is 6.55. The van der Waals surface area contributed by atoms with Crippen molar-refractivity contribution in [2.24, 2.45) is 5.92 Å². The van der Waals surface area contributed by atoms with Crippen molar-refractivity contribution in [2.45, 2.75) is 33.2 Å². The minimum absolute atomic E-state index is 0.401. The molecule has 0 bridgehead atoms. The van der Waals surface area contributed by atoms with Crippen LogP contribution in [0.2, 0.25) is 0 Å². The van der Waals surface area contributed by atoms with Crippen molar-refractivity contribution in [3.05, 3.63) is 16.3 Å². The molecule has 0 amide bonds. The standard InChI is InChI=1S/C12H19NO2S/c1-8(2)5-9(3)13(4)10-6-11(12(14)15)16-7-10/h6-9H,5H2,1-4H3,(H,14,15). The minimum Gasteiger partial charge on any atom is -0.477 e. The summed E-state index contributed by atoms with van der Waals surface area (Å²) in [5.41, 5.74) is 0.996. The van der Waals surface area contributed by atoms with Gasteiger partial charge in [0.2, 0.25) is 0 Å². The van der Waals surface area contributed by atoms with E-state index in [2.05, 4.69) is 25.7 Å². The molecule has 0 spiro atoms. The highest BCUT2D eigenvalue weighted by Gasteiger charge is 2.15.